The Kier molecular flexibility index (Phi) is 7.02. The van der Waals surface area contributed by atoms with Crippen LogP contribution in [0.4, 0.5) is 0 Å². The van der Waals surface area contributed by atoms with E-state index in [1.54, 1.807) is 0 Å². The summed E-state index contributed by atoms with van der Waals surface area (Å²) in [5.74, 6) is 0.455. The zero-order chi connectivity index (χ0) is 12.5. The van der Waals surface area contributed by atoms with E-state index in [-0.39, 0.29) is 12.6 Å². The second-order valence-electron chi connectivity index (χ2n) is 3.68. The highest BCUT2D eigenvalue weighted by Crippen LogP contribution is 2.05. The molecule has 2 unspecified atom stereocenters. The molecule has 0 saturated carbocycles. The van der Waals surface area contributed by atoms with Gasteiger partial charge in [-0.05, 0) is 13.8 Å². The van der Waals surface area contributed by atoms with Crippen LogP contribution < -0.4 is 10.1 Å². The number of rotatable bonds is 9. The van der Waals surface area contributed by atoms with E-state index in [0.717, 1.165) is 11.7 Å². The van der Waals surface area contributed by atoms with Gasteiger partial charge in [0, 0.05) is 19.2 Å². The second kappa shape index (κ2) is 8.35. The van der Waals surface area contributed by atoms with Gasteiger partial charge in [0.05, 0.1) is 18.3 Å². The predicted octanol–water partition coefficient (Wildman–Crippen LogP) is 0.292. The first-order chi connectivity index (χ1) is 8.22. The lowest BCUT2D eigenvalue weighted by Gasteiger charge is -2.16. The van der Waals surface area contributed by atoms with Crippen molar-refractivity contribution in [1.82, 2.24) is 14.1 Å². The first kappa shape index (κ1) is 14.3. The number of nitrogens with one attached hydrogen (secondary N) is 1. The monoisotopic (exact) mass is 261 g/mol. The zero-order valence-electron chi connectivity index (χ0n) is 10.1. The van der Waals surface area contributed by atoms with Crippen molar-refractivity contribution in [3.63, 3.8) is 0 Å². The molecule has 0 aliphatic carbocycles. The van der Waals surface area contributed by atoms with Crippen LogP contribution in [0.3, 0.4) is 0 Å². The fraction of sp³-hybridized carbons (Fsp3) is 0.800. The van der Waals surface area contributed by atoms with E-state index in [9.17, 15) is 5.11 Å². The molecule has 1 heterocycles. The molecule has 1 aromatic rings. The van der Waals surface area contributed by atoms with E-state index in [4.69, 9.17) is 9.47 Å². The maximum absolute atomic E-state index is 9.65. The van der Waals surface area contributed by atoms with Crippen molar-refractivity contribution in [2.75, 3.05) is 26.4 Å². The van der Waals surface area contributed by atoms with E-state index in [1.807, 2.05) is 13.8 Å². The number of aliphatic hydroxyl groups is 1. The number of hydrogen-bond donors (Lipinski definition) is 2. The van der Waals surface area contributed by atoms with E-state index < -0.39 is 6.10 Å². The van der Waals surface area contributed by atoms with Crippen molar-refractivity contribution < 1.29 is 14.6 Å². The average molecular weight is 261 g/mol. The van der Waals surface area contributed by atoms with Gasteiger partial charge in [0.25, 0.3) is 0 Å². The van der Waals surface area contributed by atoms with Gasteiger partial charge >= 0.3 is 0 Å². The maximum atomic E-state index is 9.65. The fourth-order valence-corrected chi connectivity index (χ4v) is 1.52. The molecule has 0 aliphatic rings. The largest absolute Gasteiger partial charge is 0.473 e. The Morgan fingerprint density at radius 2 is 2.35 bits per heavy atom. The lowest BCUT2D eigenvalue weighted by molar-refractivity contribution is 0.0894. The minimum atomic E-state index is -0.569. The van der Waals surface area contributed by atoms with Crippen molar-refractivity contribution >= 4 is 11.7 Å². The molecule has 2 atom stereocenters. The van der Waals surface area contributed by atoms with E-state index in [1.165, 1.54) is 6.20 Å². The van der Waals surface area contributed by atoms with Crippen LogP contribution in [0.5, 0.6) is 5.88 Å². The molecule has 1 aromatic heterocycles. The van der Waals surface area contributed by atoms with Gasteiger partial charge < -0.3 is 19.9 Å². The summed E-state index contributed by atoms with van der Waals surface area (Å²) >= 11 is 1.08. The van der Waals surface area contributed by atoms with Crippen molar-refractivity contribution in [2.45, 2.75) is 26.0 Å². The van der Waals surface area contributed by atoms with Crippen LogP contribution in [0, 0.1) is 0 Å². The number of nitrogens with zero attached hydrogens (tertiary/aromatic N) is 2. The van der Waals surface area contributed by atoms with Crippen LogP contribution in [-0.2, 0) is 4.74 Å². The van der Waals surface area contributed by atoms with Crippen molar-refractivity contribution in [3.05, 3.63) is 6.20 Å². The minimum absolute atomic E-state index is 0.208. The SMILES string of the molecule is CCOCC(C)NCC(O)COc1cnsn1. The van der Waals surface area contributed by atoms with Crippen LogP contribution >= 0.6 is 11.7 Å². The Morgan fingerprint density at radius 3 is 3.00 bits per heavy atom. The molecule has 0 spiro atoms. The van der Waals surface area contributed by atoms with Gasteiger partial charge in [-0.3, -0.25) is 0 Å². The first-order valence-corrected chi connectivity index (χ1v) is 6.35. The van der Waals surface area contributed by atoms with Gasteiger partial charge in [0.15, 0.2) is 0 Å². The second-order valence-corrected chi connectivity index (χ2v) is 4.24. The molecule has 98 valence electrons. The van der Waals surface area contributed by atoms with Gasteiger partial charge in [0.1, 0.15) is 18.9 Å². The van der Waals surface area contributed by atoms with Crippen LogP contribution in [-0.4, -0.2) is 52.4 Å². The Labute approximate surface area is 105 Å². The summed E-state index contributed by atoms with van der Waals surface area (Å²) in [5, 5.41) is 12.8. The van der Waals surface area contributed by atoms with Crippen LogP contribution in [0.1, 0.15) is 13.8 Å². The number of hydrogen-bond acceptors (Lipinski definition) is 7. The molecular weight excluding hydrogens is 242 g/mol. The summed E-state index contributed by atoms with van der Waals surface area (Å²) in [4.78, 5) is 0. The standard InChI is InChI=1S/C10H19N3O3S/c1-3-15-6-8(2)11-4-9(14)7-16-10-5-12-17-13-10/h5,8-9,11,14H,3-4,6-7H2,1-2H3. The highest BCUT2D eigenvalue weighted by Gasteiger charge is 2.08. The minimum Gasteiger partial charge on any atom is -0.473 e. The Balaban J connectivity index is 2.06. The van der Waals surface area contributed by atoms with Crippen molar-refractivity contribution in [3.8, 4) is 5.88 Å². The van der Waals surface area contributed by atoms with E-state index in [2.05, 4.69) is 14.1 Å². The lowest BCUT2D eigenvalue weighted by atomic mass is 10.3. The zero-order valence-corrected chi connectivity index (χ0v) is 10.9. The van der Waals surface area contributed by atoms with Crippen LogP contribution in [0.15, 0.2) is 6.20 Å². The molecule has 0 fully saturated rings. The van der Waals surface area contributed by atoms with Gasteiger partial charge in [-0.2, -0.15) is 4.37 Å². The van der Waals surface area contributed by atoms with Crippen molar-refractivity contribution in [2.24, 2.45) is 0 Å². The van der Waals surface area contributed by atoms with E-state index in [0.29, 0.717) is 25.6 Å². The molecule has 0 radical (unpaired) electrons. The van der Waals surface area contributed by atoms with Gasteiger partial charge in [-0.25, -0.2) is 0 Å². The third-order valence-electron chi connectivity index (χ3n) is 2.04. The summed E-state index contributed by atoms with van der Waals surface area (Å²) in [6.07, 6.45) is 0.962. The molecule has 0 amide bonds. The number of aromatic nitrogens is 2. The molecular formula is C10H19N3O3S. The first-order valence-electron chi connectivity index (χ1n) is 5.62. The summed E-state index contributed by atoms with van der Waals surface area (Å²) in [6.45, 7) is 5.98. The smallest absolute Gasteiger partial charge is 0.245 e. The molecule has 0 aliphatic heterocycles. The normalized spacial score (nSPS) is 14.5. The summed E-state index contributed by atoms with van der Waals surface area (Å²) in [5.41, 5.74) is 0. The molecule has 7 heteroatoms. The van der Waals surface area contributed by atoms with Gasteiger partial charge in [-0.15, -0.1) is 4.37 Å². The third-order valence-corrected chi connectivity index (χ3v) is 2.50. The maximum Gasteiger partial charge on any atom is 0.245 e. The Bertz CT molecular complexity index is 284. The van der Waals surface area contributed by atoms with Crippen molar-refractivity contribution in [1.29, 1.82) is 0 Å². The van der Waals surface area contributed by atoms with Gasteiger partial charge in [0.2, 0.25) is 5.88 Å². The Hall–Kier alpha value is -0.760. The number of aliphatic hydroxyl groups excluding tert-OH is 1. The third kappa shape index (κ3) is 6.52. The highest BCUT2D eigenvalue weighted by atomic mass is 32.1. The van der Waals surface area contributed by atoms with Gasteiger partial charge in [-0.1, -0.05) is 0 Å². The molecule has 0 saturated heterocycles. The summed E-state index contributed by atoms with van der Waals surface area (Å²) < 4.78 is 18.2. The summed E-state index contributed by atoms with van der Waals surface area (Å²) in [7, 11) is 0. The highest BCUT2D eigenvalue weighted by molar-refractivity contribution is 6.99. The van der Waals surface area contributed by atoms with E-state index >= 15 is 0 Å². The topological polar surface area (TPSA) is 76.5 Å². The Morgan fingerprint density at radius 1 is 1.53 bits per heavy atom. The fourth-order valence-electron chi connectivity index (χ4n) is 1.15. The van der Waals surface area contributed by atoms with Crippen LogP contribution in [0.25, 0.3) is 0 Å². The quantitative estimate of drug-likeness (QED) is 0.665. The lowest BCUT2D eigenvalue weighted by Crippen LogP contribution is -2.38. The predicted molar refractivity (Wildman–Crippen MR) is 65.4 cm³/mol. The summed E-state index contributed by atoms with van der Waals surface area (Å²) in [6, 6.07) is 0.213. The molecule has 2 N–H and O–H groups in total. The molecule has 0 aromatic carbocycles. The number of ether oxygens (including phenoxy) is 2. The van der Waals surface area contributed by atoms with Crippen LogP contribution in [0.2, 0.25) is 0 Å². The molecule has 17 heavy (non-hydrogen) atoms. The molecule has 0 bridgehead atoms. The average Bonchev–Trinajstić information content (AvgIpc) is 2.84. The molecule has 6 nitrogen and oxygen atoms in total. The molecule has 1 rings (SSSR count).